The lowest BCUT2D eigenvalue weighted by Gasteiger charge is -2.39. The summed E-state index contributed by atoms with van der Waals surface area (Å²) in [6.07, 6.45) is 0.976. The van der Waals surface area contributed by atoms with E-state index in [1.165, 1.54) is 0 Å². The molecule has 0 N–H and O–H groups in total. The Hall–Kier alpha value is -1.42. The van der Waals surface area contributed by atoms with Crippen LogP contribution in [-0.2, 0) is 16.2 Å². The second kappa shape index (κ2) is 6.33. The molecular weight excluding hydrogens is 369 g/mol. The summed E-state index contributed by atoms with van der Waals surface area (Å²) < 4.78 is 65.2. The number of anilines is 1. The normalized spacial score (nSPS) is 23.2. The molecule has 0 aromatic carbocycles. The fourth-order valence-corrected chi connectivity index (χ4v) is 5.49. The van der Waals surface area contributed by atoms with Crippen LogP contribution in [0.15, 0.2) is 12.4 Å². The smallest absolute Gasteiger partial charge is 0.350 e. The molecule has 4 rings (SSSR count). The minimum atomic E-state index is -4.51. The lowest BCUT2D eigenvalue weighted by atomic mass is 10.0. The van der Waals surface area contributed by atoms with Crippen molar-refractivity contribution in [3.05, 3.63) is 18.1 Å². The third kappa shape index (κ3) is 3.53. The van der Waals surface area contributed by atoms with Crippen LogP contribution in [0.3, 0.4) is 0 Å². The predicted molar refractivity (Wildman–Crippen MR) is 89.1 cm³/mol. The van der Waals surface area contributed by atoms with Crippen LogP contribution in [0.5, 0.6) is 0 Å². The maximum Gasteiger partial charge on any atom is 0.433 e. The van der Waals surface area contributed by atoms with Crippen molar-refractivity contribution in [1.29, 1.82) is 0 Å². The van der Waals surface area contributed by atoms with E-state index in [1.807, 2.05) is 4.90 Å². The van der Waals surface area contributed by atoms with Gasteiger partial charge in [-0.15, -0.1) is 0 Å². The Morgan fingerprint density at radius 1 is 1.00 bits per heavy atom. The number of piperidine rings is 1. The van der Waals surface area contributed by atoms with Gasteiger partial charge in [0.1, 0.15) is 17.8 Å². The summed E-state index contributed by atoms with van der Waals surface area (Å²) in [6, 6.07) is 1.19. The zero-order chi connectivity index (χ0) is 18.5. The van der Waals surface area contributed by atoms with Crippen molar-refractivity contribution < 1.29 is 21.6 Å². The maximum atomic E-state index is 13.0. The molecule has 2 saturated carbocycles. The molecule has 0 radical (unpaired) electrons. The molecule has 6 nitrogen and oxygen atoms in total. The van der Waals surface area contributed by atoms with E-state index in [4.69, 9.17) is 0 Å². The molecule has 1 aromatic heterocycles. The van der Waals surface area contributed by atoms with Gasteiger partial charge in [-0.3, -0.25) is 0 Å². The maximum absolute atomic E-state index is 13.0. The van der Waals surface area contributed by atoms with E-state index in [9.17, 15) is 21.6 Å². The van der Waals surface area contributed by atoms with Gasteiger partial charge in [0.2, 0.25) is 10.0 Å². The number of rotatable bonds is 5. The Morgan fingerprint density at radius 3 is 2.15 bits per heavy atom. The first-order chi connectivity index (χ1) is 12.3. The van der Waals surface area contributed by atoms with Crippen molar-refractivity contribution in [2.45, 2.75) is 62.0 Å². The van der Waals surface area contributed by atoms with Crippen molar-refractivity contribution in [3.8, 4) is 0 Å². The molecule has 1 aliphatic heterocycles. The van der Waals surface area contributed by atoms with Crippen molar-refractivity contribution in [3.63, 3.8) is 0 Å². The first kappa shape index (κ1) is 18.0. The van der Waals surface area contributed by atoms with Gasteiger partial charge in [-0.05, 0) is 38.5 Å². The molecule has 1 saturated heterocycles. The van der Waals surface area contributed by atoms with Crippen molar-refractivity contribution in [2.75, 3.05) is 18.0 Å². The molecular formula is C16H21F3N4O2S. The molecule has 2 heterocycles. The molecule has 26 heavy (non-hydrogen) atoms. The Bertz CT molecular complexity index is 770. The largest absolute Gasteiger partial charge is 0.433 e. The van der Waals surface area contributed by atoms with Crippen LogP contribution in [0.25, 0.3) is 0 Å². The number of hydrogen-bond acceptors (Lipinski definition) is 5. The molecule has 10 heteroatoms. The van der Waals surface area contributed by atoms with Gasteiger partial charge in [-0.25, -0.2) is 22.7 Å². The van der Waals surface area contributed by atoms with Crippen molar-refractivity contribution in [1.82, 2.24) is 14.3 Å². The average molecular weight is 390 g/mol. The summed E-state index contributed by atoms with van der Waals surface area (Å²) in [5.41, 5.74) is -0.943. The predicted octanol–water partition coefficient (Wildman–Crippen LogP) is 2.42. The summed E-state index contributed by atoms with van der Waals surface area (Å²) in [6.45, 7) is 0.841. The summed E-state index contributed by atoms with van der Waals surface area (Å²) in [5, 5.41) is -0.227. The second-order valence-electron chi connectivity index (χ2n) is 7.27. The molecule has 0 bridgehead atoms. The van der Waals surface area contributed by atoms with Crippen LogP contribution >= 0.6 is 0 Å². The van der Waals surface area contributed by atoms with Gasteiger partial charge in [-0.1, -0.05) is 0 Å². The van der Waals surface area contributed by atoms with Gasteiger partial charge in [0, 0.05) is 31.2 Å². The minimum absolute atomic E-state index is 0.00383. The monoisotopic (exact) mass is 390 g/mol. The third-order valence-corrected chi connectivity index (χ3v) is 7.67. The van der Waals surface area contributed by atoms with Crippen LogP contribution in [0, 0.1) is 0 Å². The first-order valence-corrected chi connectivity index (χ1v) is 10.4. The van der Waals surface area contributed by atoms with Crippen LogP contribution in [0.2, 0.25) is 0 Å². The molecule has 2 aliphatic carbocycles. The summed E-state index contributed by atoms with van der Waals surface area (Å²) in [5.74, 6) is 0.290. The van der Waals surface area contributed by atoms with Crippen molar-refractivity contribution in [2.24, 2.45) is 0 Å². The van der Waals surface area contributed by atoms with E-state index in [0.29, 0.717) is 31.7 Å². The molecule has 1 aromatic rings. The highest BCUT2D eigenvalue weighted by Crippen LogP contribution is 2.38. The van der Waals surface area contributed by atoms with Gasteiger partial charge in [-0.2, -0.15) is 13.2 Å². The van der Waals surface area contributed by atoms with E-state index in [2.05, 4.69) is 9.97 Å². The Balaban J connectivity index is 1.50. The number of halogens is 3. The molecule has 144 valence electrons. The van der Waals surface area contributed by atoms with Crippen LogP contribution < -0.4 is 4.90 Å². The fourth-order valence-electron chi connectivity index (χ4n) is 3.62. The average Bonchev–Trinajstić information content (AvgIpc) is 3.47. The van der Waals surface area contributed by atoms with Crippen LogP contribution in [0.4, 0.5) is 19.0 Å². The molecule has 3 fully saturated rings. The summed E-state index contributed by atoms with van der Waals surface area (Å²) >= 11 is 0. The first-order valence-electron chi connectivity index (χ1n) is 8.93. The highest BCUT2D eigenvalue weighted by molar-refractivity contribution is 7.90. The Kier molecular flexibility index (Phi) is 4.37. The lowest BCUT2D eigenvalue weighted by molar-refractivity contribution is -0.141. The molecule has 0 spiro atoms. The quantitative estimate of drug-likeness (QED) is 0.773. The number of alkyl halides is 3. The van der Waals surface area contributed by atoms with Gasteiger partial charge in [0.25, 0.3) is 0 Å². The standard InChI is InChI=1S/C16H21F3N4O2S/c17-16(18,19)14-9-15(21-10-20-14)23(11-1-2-11)12-5-7-22(8-6-12)26(24,25)13-3-4-13/h9-13H,1-8H2. The lowest BCUT2D eigenvalue weighted by Crippen LogP contribution is -2.48. The van der Waals surface area contributed by atoms with E-state index >= 15 is 0 Å². The number of nitrogens with zero attached hydrogens (tertiary/aromatic N) is 4. The van der Waals surface area contributed by atoms with Gasteiger partial charge in [0.15, 0.2) is 0 Å². The van der Waals surface area contributed by atoms with E-state index in [-0.39, 0.29) is 17.3 Å². The topological polar surface area (TPSA) is 66.4 Å². The van der Waals surface area contributed by atoms with Crippen molar-refractivity contribution >= 4 is 15.8 Å². The molecule has 0 atom stereocenters. The zero-order valence-electron chi connectivity index (χ0n) is 14.2. The summed E-state index contributed by atoms with van der Waals surface area (Å²) in [7, 11) is -3.19. The molecule has 3 aliphatic rings. The highest BCUT2D eigenvalue weighted by atomic mass is 32.2. The minimum Gasteiger partial charge on any atom is -0.350 e. The van der Waals surface area contributed by atoms with Crippen LogP contribution in [-0.4, -0.2) is 53.1 Å². The van der Waals surface area contributed by atoms with E-state index in [0.717, 1.165) is 38.1 Å². The Morgan fingerprint density at radius 2 is 1.62 bits per heavy atom. The highest BCUT2D eigenvalue weighted by Gasteiger charge is 2.43. The third-order valence-electron chi connectivity index (χ3n) is 5.27. The summed E-state index contributed by atoms with van der Waals surface area (Å²) in [4.78, 5) is 9.37. The van der Waals surface area contributed by atoms with E-state index < -0.39 is 21.9 Å². The van der Waals surface area contributed by atoms with Crippen LogP contribution in [0.1, 0.15) is 44.2 Å². The van der Waals surface area contributed by atoms with Gasteiger partial charge < -0.3 is 4.90 Å². The van der Waals surface area contributed by atoms with Gasteiger partial charge in [0.05, 0.1) is 5.25 Å². The fraction of sp³-hybridized carbons (Fsp3) is 0.750. The number of aromatic nitrogens is 2. The van der Waals surface area contributed by atoms with Gasteiger partial charge >= 0.3 is 6.18 Å². The number of sulfonamides is 1. The second-order valence-corrected chi connectivity index (χ2v) is 9.49. The SMILES string of the molecule is O=S(=O)(C1CC1)N1CCC(N(c2cc(C(F)(F)F)ncn2)C2CC2)CC1. The van der Waals surface area contributed by atoms with E-state index in [1.54, 1.807) is 4.31 Å². The molecule has 0 amide bonds. The number of hydrogen-bond donors (Lipinski definition) is 0. The molecule has 0 unspecified atom stereocenters. The zero-order valence-corrected chi connectivity index (χ0v) is 15.0. The Labute approximate surface area is 150 Å².